The molecule has 0 spiro atoms. The average Bonchev–Trinajstić information content (AvgIpc) is 2.30. The molecule has 0 aromatic heterocycles. The number of hydrogen-bond acceptors (Lipinski definition) is 3. The quantitative estimate of drug-likeness (QED) is 0.729. The van der Waals surface area contributed by atoms with Gasteiger partial charge in [0.15, 0.2) is 0 Å². The van der Waals surface area contributed by atoms with Crippen LogP contribution in [0.15, 0.2) is 24.3 Å². The van der Waals surface area contributed by atoms with Crippen LogP contribution < -0.4 is 15.4 Å². The van der Waals surface area contributed by atoms with Crippen molar-refractivity contribution in [3.8, 4) is 5.75 Å². The Bertz CT molecular complexity index is 369. The minimum absolute atomic E-state index is 0.0645. The molecule has 0 fully saturated rings. The lowest BCUT2D eigenvalue weighted by atomic mass is 10.2. The third-order valence-electron chi connectivity index (χ3n) is 2.15. The number of amides is 1. The van der Waals surface area contributed by atoms with E-state index in [0.717, 1.165) is 5.56 Å². The Balaban J connectivity index is 2.24. The molecule has 0 radical (unpaired) electrons. The molecule has 1 amide bonds. The first kappa shape index (κ1) is 14.4. The zero-order valence-electron chi connectivity index (χ0n) is 10.1. The molecule has 4 nitrogen and oxygen atoms in total. The van der Waals surface area contributed by atoms with Crippen LogP contribution in [0.25, 0.3) is 0 Å². The maximum atomic E-state index is 11.9. The Morgan fingerprint density at radius 1 is 1.28 bits per heavy atom. The first-order valence-electron chi connectivity index (χ1n) is 5.57. The standard InChI is InChI=1S/C12H16F2N2O2/c1-9(17)16-7-6-15-8-10-2-4-11(5-3-10)18-12(13)14/h2-5,12,15H,6-8H2,1H3,(H,16,17). The van der Waals surface area contributed by atoms with Crippen LogP contribution in [0.4, 0.5) is 8.78 Å². The van der Waals surface area contributed by atoms with Gasteiger partial charge in [0.2, 0.25) is 5.91 Å². The lowest BCUT2D eigenvalue weighted by Crippen LogP contribution is -2.29. The van der Waals surface area contributed by atoms with E-state index in [0.29, 0.717) is 19.6 Å². The Hall–Kier alpha value is -1.69. The zero-order chi connectivity index (χ0) is 13.4. The number of halogens is 2. The van der Waals surface area contributed by atoms with Gasteiger partial charge in [-0.25, -0.2) is 0 Å². The molecule has 100 valence electrons. The van der Waals surface area contributed by atoms with Crippen molar-refractivity contribution in [1.29, 1.82) is 0 Å². The summed E-state index contributed by atoms with van der Waals surface area (Å²) in [5.41, 5.74) is 0.958. The Morgan fingerprint density at radius 3 is 2.50 bits per heavy atom. The minimum Gasteiger partial charge on any atom is -0.435 e. The lowest BCUT2D eigenvalue weighted by molar-refractivity contribution is -0.118. The van der Waals surface area contributed by atoms with E-state index >= 15 is 0 Å². The van der Waals surface area contributed by atoms with Crippen LogP contribution in [0.3, 0.4) is 0 Å². The fourth-order valence-corrected chi connectivity index (χ4v) is 1.35. The highest BCUT2D eigenvalue weighted by Gasteiger charge is 2.03. The van der Waals surface area contributed by atoms with Gasteiger partial charge in [-0.2, -0.15) is 8.78 Å². The van der Waals surface area contributed by atoms with Crippen molar-refractivity contribution in [2.24, 2.45) is 0 Å². The summed E-state index contributed by atoms with van der Waals surface area (Å²) in [6.45, 7) is 0.471. The number of benzene rings is 1. The largest absolute Gasteiger partial charge is 0.435 e. The van der Waals surface area contributed by atoms with E-state index in [4.69, 9.17) is 0 Å². The lowest BCUT2D eigenvalue weighted by Gasteiger charge is -2.07. The van der Waals surface area contributed by atoms with Crippen molar-refractivity contribution >= 4 is 5.91 Å². The summed E-state index contributed by atoms with van der Waals surface area (Å²) in [6.07, 6.45) is 0. The second-order valence-electron chi connectivity index (χ2n) is 3.68. The monoisotopic (exact) mass is 258 g/mol. The first-order chi connectivity index (χ1) is 8.58. The van der Waals surface area contributed by atoms with E-state index in [1.165, 1.54) is 19.1 Å². The summed E-state index contributed by atoms with van der Waals surface area (Å²) in [5.74, 6) is 0.0808. The van der Waals surface area contributed by atoms with E-state index in [9.17, 15) is 13.6 Å². The number of carbonyl (C=O) groups is 1. The molecule has 1 rings (SSSR count). The number of hydrogen-bond donors (Lipinski definition) is 2. The van der Waals surface area contributed by atoms with Crippen LogP contribution in [0.1, 0.15) is 12.5 Å². The third-order valence-corrected chi connectivity index (χ3v) is 2.15. The van der Waals surface area contributed by atoms with E-state index in [2.05, 4.69) is 15.4 Å². The van der Waals surface area contributed by atoms with Gasteiger partial charge in [-0.05, 0) is 17.7 Å². The van der Waals surface area contributed by atoms with Crippen LogP contribution in [-0.4, -0.2) is 25.6 Å². The molecule has 0 aliphatic rings. The summed E-state index contributed by atoms with van der Waals surface area (Å²) >= 11 is 0. The molecule has 0 saturated carbocycles. The van der Waals surface area contributed by atoms with Gasteiger partial charge < -0.3 is 15.4 Å². The summed E-state index contributed by atoms with van der Waals surface area (Å²) < 4.78 is 28.0. The second-order valence-corrected chi connectivity index (χ2v) is 3.68. The van der Waals surface area contributed by atoms with Crippen LogP contribution in [-0.2, 0) is 11.3 Å². The molecule has 1 aromatic rings. The molecule has 0 bridgehead atoms. The van der Waals surface area contributed by atoms with E-state index in [1.54, 1.807) is 12.1 Å². The van der Waals surface area contributed by atoms with Crippen molar-refractivity contribution in [3.05, 3.63) is 29.8 Å². The number of ether oxygens (including phenoxy) is 1. The molecular weight excluding hydrogens is 242 g/mol. The van der Waals surface area contributed by atoms with Gasteiger partial charge >= 0.3 is 6.61 Å². The van der Waals surface area contributed by atoms with Crippen LogP contribution in [0, 0.1) is 0 Å². The highest BCUT2D eigenvalue weighted by molar-refractivity contribution is 5.72. The SMILES string of the molecule is CC(=O)NCCNCc1ccc(OC(F)F)cc1. The molecule has 0 atom stereocenters. The van der Waals surface area contributed by atoms with E-state index < -0.39 is 6.61 Å². The molecule has 2 N–H and O–H groups in total. The molecule has 1 aromatic carbocycles. The van der Waals surface area contributed by atoms with Crippen LogP contribution in [0.2, 0.25) is 0 Å². The third kappa shape index (κ3) is 6.15. The van der Waals surface area contributed by atoms with Gasteiger partial charge in [0.05, 0.1) is 0 Å². The molecule has 0 saturated heterocycles. The maximum Gasteiger partial charge on any atom is 0.387 e. The smallest absolute Gasteiger partial charge is 0.387 e. The zero-order valence-corrected chi connectivity index (χ0v) is 10.1. The predicted molar refractivity (Wildman–Crippen MR) is 63.5 cm³/mol. The summed E-state index contributed by atoms with van der Waals surface area (Å²) in [6, 6.07) is 6.42. The minimum atomic E-state index is -2.80. The summed E-state index contributed by atoms with van der Waals surface area (Å²) in [7, 11) is 0. The molecule has 0 unspecified atom stereocenters. The van der Waals surface area contributed by atoms with Gasteiger partial charge in [-0.15, -0.1) is 0 Å². The fraction of sp³-hybridized carbons (Fsp3) is 0.417. The average molecular weight is 258 g/mol. The normalized spacial score (nSPS) is 10.4. The highest BCUT2D eigenvalue weighted by atomic mass is 19.3. The van der Waals surface area contributed by atoms with E-state index in [-0.39, 0.29) is 11.7 Å². The predicted octanol–water partition coefficient (Wildman–Crippen LogP) is 1.51. The second kappa shape index (κ2) is 7.60. The van der Waals surface area contributed by atoms with Crippen LogP contribution >= 0.6 is 0 Å². The summed E-state index contributed by atoms with van der Waals surface area (Å²) in [5, 5.41) is 5.77. The van der Waals surface area contributed by atoms with Crippen molar-refractivity contribution in [3.63, 3.8) is 0 Å². The van der Waals surface area contributed by atoms with Gasteiger partial charge in [-0.3, -0.25) is 4.79 Å². The maximum absolute atomic E-state index is 11.9. The molecule has 6 heteroatoms. The highest BCUT2D eigenvalue weighted by Crippen LogP contribution is 2.14. The Kier molecular flexibility index (Phi) is 6.07. The summed E-state index contributed by atoms with van der Waals surface area (Å²) in [4.78, 5) is 10.6. The van der Waals surface area contributed by atoms with Crippen molar-refractivity contribution in [2.75, 3.05) is 13.1 Å². The number of nitrogens with one attached hydrogen (secondary N) is 2. The topological polar surface area (TPSA) is 50.4 Å². The van der Waals surface area contributed by atoms with Crippen molar-refractivity contribution in [1.82, 2.24) is 10.6 Å². The molecule has 0 aliphatic heterocycles. The number of carbonyl (C=O) groups excluding carboxylic acids is 1. The van der Waals surface area contributed by atoms with Gasteiger partial charge in [0.25, 0.3) is 0 Å². The van der Waals surface area contributed by atoms with Gasteiger partial charge in [0, 0.05) is 26.6 Å². The fourth-order valence-electron chi connectivity index (χ4n) is 1.35. The first-order valence-corrected chi connectivity index (χ1v) is 5.57. The van der Waals surface area contributed by atoms with Crippen molar-refractivity contribution < 1.29 is 18.3 Å². The molecule has 0 heterocycles. The number of alkyl halides is 2. The molecule has 18 heavy (non-hydrogen) atoms. The van der Waals surface area contributed by atoms with E-state index in [1.807, 2.05) is 0 Å². The van der Waals surface area contributed by atoms with Crippen molar-refractivity contribution in [2.45, 2.75) is 20.1 Å². The molecular formula is C12H16F2N2O2. The van der Waals surface area contributed by atoms with Crippen LogP contribution in [0.5, 0.6) is 5.75 Å². The Labute approximate surface area is 104 Å². The molecule has 0 aliphatic carbocycles. The number of rotatable bonds is 7. The van der Waals surface area contributed by atoms with Gasteiger partial charge in [-0.1, -0.05) is 12.1 Å². The Morgan fingerprint density at radius 2 is 1.94 bits per heavy atom. The van der Waals surface area contributed by atoms with Gasteiger partial charge in [0.1, 0.15) is 5.75 Å².